The van der Waals surface area contributed by atoms with Gasteiger partial charge in [0.25, 0.3) is 0 Å². The Kier molecular flexibility index (Phi) is 6.44. The number of halogens is 3. The molecule has 7 heteroatoms. The number of carbonyl (C=O) groups is 1. The molecule has 1 aliphatic rings. The second-order valence-corrected chi connectivity index (χ2v) is 8.67. The molecule has 2 aromatic rings. The first-order chi connectivity index (χ1) is 13.7. The van der Waals surface area contributed by atoms with Gasteiger partial charge in [-0.15, -0.1) is 0 Å². The van der Waals surface area contributed by atoms with E-state index in [-0.39, 0.29) is 40.9 Å². The molecule has 0 saturated heterocycles. The lowest BCUT2D eigenvalue weighted by atomic mass is 9.59. The van der Waals surface area contributed by atoms with Crippen molar-refractivity contribution >= 4 is 17.5 Å². The molecular weight excluding hydrogens is 400 g/mol. The summed E-state index contributed by atoms with van der Waals surface area (Å²) >= 11 is 5.68. The highest BCUT2D eigenvalue weighted by Crippen LogP contribution is 2.48. The fraction of sp³-hybridized carbons (Fsp3) is 0.409. The molecule has 0 aliphatic heterocycles. The highest BCUT2D eigenvalue weighted by molar-refractivity contribution is 6.30. The van der Waals surface area contributed by atoms with Crippen LogP contribution >= 0.6 is 11.6 Å². The molecule has 156 valence electrons. The fourth-order valence-electron chi connectivity index (χ4n) is 4.11. The summed E-state index contributed by atoms with van der Waals surface area (Å²) in [6.45, 7) is 4.53. The molecule has 1 aliphatic carbocycles. The molecule has 0 radical (unpaired) electrons. The van der Waals surface area contributed by atoms with E-state index in [1.54, 1.807) is 18.2 Å². The molecule has 1 amide bonds. The number of hydrogen-bond acceptors (Lipinski definition) is 3. The lowest BCUT2D eigenvalue weighted by Gasteiger charge is -2.53. The van der Waals surface area contributed by atoms with E-state index in [1.807, 2.05) is 6.92 Å². The minimum absolute atomic E-state index is 0.0575. The Labute approximate surface area is 174 Å². The number of amides is 1. The molecule has 2 aromatic carbocycles. The molecular formula is C22H24ClF2NO3. The average Bonchev–Trinajstić information content (AvgIpc) is 2.61. The van der Waals surface area contributed by atoms with E-state index in [2.05, 4.69) is 12.2 Å². The number of rotatable bonds is 8. The molecule has 0 spiro atoms. The Bertz CT molecular complexity index is 884. The predicted molar refractivity (Wildman–Crippen MR) is 107 cm³/mol. The Hall–Kier alpha value is -2.18. The molecule has 1 saturated carbocycles. The van der Waals surface area contributed by atoms with E-state index in [0.29, 0.717) is 17.9 Å². The third kappa shape index (κ3) is 5.90. The van der Waals surface area contributed by atoms with Crippen molar-refractivity contribution in [3.05, 3.63) is 64.7 Å². The molecule has 4 nitrogen and oxygen atoms in total. The van der Waals surface area contributed by atoms with Gasteiger partial charge < -0.3 is 14.8 Å². The maximum absolute atomic E-state index is 13.5. The second-order valence-electron chi connectivity index (χ2n) is 8.26. The highest BCUT2D eigenvalue weighted by atomic mass is 35.5. The van der Waals surface area contributed by atoms with Gasteiger partial charge in [-0.05, 0) is 49.6 Å². The van der Waals surface area contributed by atoms with Gasteiger partial charge in [0, 0.05) is 17.0 Å². The summed E-state index contributed by atoms with van der Waals surface area (Å²) in [4.78, 5) is 12.2. The topological polar surface area (TPSA) is 47.6 Å². The zero-order chi connectivity index (χ0) is 21.1. The predicted octanol–water partition coefficient (Wildman–Crippen LogP) is 4.89. The molecule has 0 unspecified atom stereocenters. The van der Waals surface area contributed by atoms with Gasteiger partial charge in [-0.1, -0.05) is 30.7 Å². The lowest BCUT2D eigenvalue weighted by Crippen LogP contribution is -2.61. The Morgan fingerprint density at radius 3 is 2.62 bits per heavy atom. The summed E-state index contributed by atoms with van der Waals surface area (Å²) < 4.78 is 37.7. The van der Waals surface area contributed by atoms with Crippen molar-refractivity contribution in [2.45, 2.75) is 38.8 Å². The van der Waals surface area contributed by atoms with Crippen LogP contribution in [0, 0.1) is 17.0 Å². The lowest BCUT2D eigenvalue weighted by molar-refractivity contribution is -0.131. The van der Waals surface area contributed by atoms with Crippen LogP contribution < -0.4 is 10.1 Å². The van der Waals surface area contributed by atoms with Crippen LogP contribution in [0.15, 0.2) is 42.5 Å². The Balaban J connectivity index is 1.40. The van der Waals surface area contributed by atoms with Crippen molar-refractivity contribution in [2.75, 3.05) is 13.2 Å². The quantitative estimate of drug-likeness (QED) is 0.657. The molecule has 0 heterocycles. The SMILES string of the molecule is CC1(COc2ccc(Cl)c(F)c2)CC(C)(NC(=O)COCc2cccc(F)c2)C1. The van der Waals surface area contributed by atoms with Gasteiger partial charge in [-0.3, -0.25) is 4.79 Å². The zero-order valence-corrected chi connectivity index (χ0v) is 17.2. The van der Waals surface area contributed by atoms with Crippen molar-refractivity contribution in [1.82, 2.24) is 5.32 Å². The van der Waals surface area contributed by atoms with Crippen LogP contribution in [0.1, 0.15) is 32.3 Å². The van der Waals surface area contributed by atoms with E-state index >= 15 is 0 Å². The molecule has 1 fully saturated rings. The van der Waals surface area contributed by atoms with E-state index < -0.39 is 5.82 Å². The van der Waals surface area contributed by atoms with E-state index in [4.69, 9.17) is 21.1 Å². The van der Waals surface area contributed by atoms with E-state index in [0.717, 1.165) is 12.8 Å². The number of ether oxygens (including phenoxy) is 2. The smallest absolute Gasteiger partial charge is 0.246 e. The van der Waals surface area contributed by atoms with Gasteiger partial charge in [0.05, 0.1) is 18.2 Å². The van der Waals surface area contributed by atoms with Crippen LogP contribution in [0.5, 0.6) is 5.75 Å². The summed E-state index contributed by atoms with van der Waals surface area (Å²) in [5, 5.41) is 3.05. The number of nitrogens with one attached hydrogen (secondary N) is 1. The highest BCUT2D eigenvalue weighted by Gasteiger charge is 2.50. The summed E-state index contributed by atoms with van der Waals surface area (Å²) in [5.74, 6) is -0.637. The van der Waals surface area contributed by atoms with Gasteiger partial charge in [0.2, 0.25) is 5.91 Å². The molecule has 3 rings (SSSR count). The summed E-state index contributed by atoms with van der Waals surface area (Å²) in [6.07, 6.45) is 1.46. The number of hydrogen-bond donors (Lipinski definition) is 1. The van der Waals surface area contributed by atoms with Crippen molar-refractivity contribution in [2.24, 2.45) is 5.41 Å². The summed E-state index contributed by atoms with van der Waals surface area (Å²) in [7, 11) is 0. The first kappa shape index (κ1) is 21.5. The Morgan fingerprint density at radius 1 is 1.17 bits per heavy atom. The molecule has 0 atom stereocenters. The standard InChI is InChI=1S/C22H24ClF2NO3/c1-21(14-29-17-6-7-18(23)19(25)9-17)12-22(2,13-21)26-20(27)11-28-10-15-4-3-5-16(24)8-15/h3-9H,10-14H2,1-2H3,(H,26,27). The van der Waals surface area contributed by atoms with E-state index in [1.165, 1.54) is 24.3 Å². The Morgan fingerprint density at radius 2 is 1.93 bits per heavy atom. The summed E-state index contributed by atoms with van der Waals surface area (Å²) in [6, 6.07) is 10.4. The van der Waals surface area contributed by atoms with Crippen LogP contribution in [-0.2, 0) is 16.1 Å². The van der Waals surface area contributed by atoms with Gasteiger partial charge in [0.1, 0.15) is 24.0 Å². The maximum atomic E-state index is 13.5. The van der Waals surface area contributed by atoms with Gasteiger partial charge >= 0.3 is 0 Å². The molecule has 0 aromatic heterocycles. The summed E-state index contributed by atoms with van der Waals surface area (Å²) in [5.41, 5.74) is 0.208. The van der Waals surface area contributed by atoms with Crippen molar-refractivity contribution in [3.8, 4) is 5.75 Å². The maximum Gasteiger partial charge on any atom is 0.246 e. The minimum Gasteiger partial charge on any atom is -0.493 e. The molecule has 0 bridgehead atoms. The zero-order valence-electron chi connectivity index (χ0n) is 16.4. The van der Waals surface area contributed by atoms with Crippen molar-refractivity contribution < 1.29 is 23.0 Å². The van der Waals surface area contributed by atoms with Crippen LogP contribution in [0.25, 0.3) is 0 Å². The van der Waals surface area contributed by atoms with Gasteiger partial charge in [-0.25, -0.2) is 8.78 Å². The first-order valence-electron chi connectivity index (χ1n) is 9.38. The normalized spacial score (nSPS) is 23.3. The van der Waals surface area contributed by atoms with E-state index in [9.17, 15) is 13.6 Å². The molecule has 1 N–H and O–H groups in total. The largest absolute Gasteiger partial charge is 0.493 e. The van der Waals surface area contributed by atoms with Crippen LogP contribution in [0.3, 0.4) is 0 Å². The van der Waals surface area contributed by atoms with Gasteiger partial charge in [-0.2, -0.15) is 0 Å². The van der Waals surface area contributed by atoms with Crippen molar-refractivity contribution in [1.29, 1.82) is 0 Å². The molecule has 29 heavy (non-hydrogen) atoms. The average molecular weight is 424 g/mol. The van der Waals surface area contributed by atoms with Crippen LogP contribution in [-0.4, -0.2) is 24.7 Å². The third-order valence-electron chi connectivity index (χ3n) is 4.94. The number of carbonyl (C=O) groups excluding carboxylic acids is 1. The fourth-order valence-corrected chi connectivity index (χ4v) is 4.23. The number of benzene rings is 2. The van der Waals surface area contributed by atoms with Crippen LogP contribution in [0.4, 0.5) is 8.78 Å². The first-order valence-corrected chi connectivity index (χ1v) is 9.75. The second kappa shape index (κ2) is 8.67. The van der Waals surface area contributed by atoms with Crippen molar-refractivity contribution in [3.63, 3.8) is 0 Å². The third-order valence-corrected chi connectivity index (χ3v) is 5.25. The monoisotopic (exact) mass is 423 g/mol. The minimum atomic E-state index is -0.515. The van der Waals surface area contributed by atoms with Crippen LogP contribution in [0.2, 0.25) is 5.02 Å². The van der Waals surface area contributed by atoms with Gasteiger partial charge in [0.15, 0.2) is 0 Å².